The van der Waals surface area contributed by atoms with Gasteiger partial charge >= 0.3 is 0 Å². The van der Waals surface area contributed by atoms with Crippen LogP contribution in [-0.2, 0) is 10.0 Å². The SMILES string of the molecule is CN(C)c1cc([C@H]2CCCN2S(=O)(=O)c2cccnc2)ccn1. The van der Waals surface area contributed by atoms with Crippen molar-refractivity contribution in [1.29, 1.82) is 0 Å². The maximum Gasteiger partial charge on any atom is 0.245 e. The van der Waals surface area contributed by atoms with E-state index < -0.39 is 10.0 Å². The minimum absolute atomic E-state index is 0.151. The molecule has 0 saturated carbocycles. The molecule has 1 fully saturated rings. The molecular formula is C16H20N4O2S. The van der Waals surface area contributed by atoms with Crippen molar-refractivity contribution in [1.82, 2.24) is 14.3 Å². The Hall–Kier alpha value is -1.99. The summed E-state index contributed by atoms with van der Waals surface area (Å²) in [5.41, 5.74) is 0.980. The molecule has 0 N–H and O–H groups in total. The lowest BCUT2D eigenvalue weighted by Crippen LogP contribution is -2.30. The summed E-state index contributed by atoms with van der Waals surface area (Å²) in [4.78, 5) is 10.4. The van der Waals surface area contributed by atoms with E-state index >= 15 is 0 Å². The molecule has 0 aromatic carbocycles. The van der Waals surface area contributed by atoms with Crippen LogP contribution in [0.3, 0.4) is 0 Å². The van der Waals surface area contributed by atoms with E-state index in [-0.39, 0.29) is 10.9 Å². The van der Waals surface area contributed by atoms with Crippen LogP contribution in [0.5, 0.6) is 0 Å². The third-order valence-electron chi connectivity index (χ3n) is 4.06. The molecule has 2 aromatic rings. The second kappa shape index (κ2) is 6.25. The van der Waals surface area contributed by atoms with E-state index in [9.17, 15) is 8.42 Å². The van der Waals surface area contributed by atoms with Crippen LogP contribution in [0.15, 0.2) is 47.8 Å². The van der Waals surface area contributed by atoms with Crippen molar-refractivity contribution in [3.8, 4) is 0 Å². The fourth-order valence-corrected chi connectivity index (χ4v) is 4.53. The summed E-state index contributed by atoms with van der Waals surface area (Å²) in [6.07, 6.45) is 6.38. The number of hydrogen-bond donors (Lipinski definition) is 0. The van der Waals surface area contributed by atoms with Crippen LogP contribution in [0.2, 0.25) is 0 Å². The predicted molar refractivity (Wildman–Crippen MR) is 88.7 cm³/mol. The Kier molecular flexibility index (Phi) is 4.32. The Labute approximate surface area is 136 Å². The van der Waals surface area contributed by atoms with Crippen LogP contribution in [0, 0.1) is 0 Å². The number of rotatable bonds is 4. The summed E-state index contributed by atoms with van der Waals surface area (Å²) in [6, 6.07) is 6.95. The number of nitrogens with zero attached hydrogens (tertiary/aromatic N) is 4. The van der Waals surface area contributed by atoms with E-state index in [1.54, 1.807) is 28.8 Å². The molecule has 7 heteroatoms. The highest BCUT2D eigenvalue weighted by Crippen LogP contribution is 2.36. The van der Waals surface area contributed by atoms with E-state index in [1.807, 2.05) is 31.1 Å². The van der Waals surface area contributed by atoms with Crippen molar-refractivity contribution in [2.24, 2.45) is 0 Å². The van der Waals surface area contributed by atoms with Crippen molar-refractivity contribution in [2.75, 3.05) is 25.5 Å². The average Bonchev–Trinajstić information content (AvgIpc) is 3.06. The summed E-state index contributed by atoms with van der Waals surface area (Å²) in [5, 5.41) is 0. The average molecular weight is 332 g/mol. The molecule has 1 aliphatic heterocycles. The Morgan fingerprint density at radius 2 is 2.09 bits per heavy atom. The summed E-state index contributed by atoms with van der Waals surface area (Å²) in [6.45, 7) is 0.529. The van der Waals surface area contributed by atoms with Gasteiger partial charge in [0.25, 0.3) is 0 Å². The number of aromatic nitrogens is 2. The lowest BCUT2D eigenvalue weighted by molar-refractivity contribution is 0.396. The molecule has 3 rings (SSSR count). The van der Waals surface area contributed by atoms with Crippen LogP contribution in [0.4, 0.5) is 5.82 Å². The Morgan fingerprint density at radius 1 is 1.26 bits per heavy atom. The number of anilines is 1. The van der Waals surface area contributed by atoms with Gasteiger partial charge in [0.05, 0.1) is 6.04 Å². The lowest BCUT2D eigenvalue weighted by atomic mass is 10.1. The summed E-state index contributed by atoms with van der Waals surface area (Å²) in [5.74, 6) is 0.827. The van der Waals surface area contributed by atoms with Gasteiger partial charge in [-0.15, -0.1) is 0 Å². The highest BCUT2D eigenvalue weighted by Gasteiger charge is 2.36. The van der Waals surface area contributed by atoms with Gasteiger partial charge in [-0.25, -0.2) is 13.4 Å². The van der Waals surface area contributed by atoms with Crippen molar-refractivity contribution in [2.45, 2.75) is 23.8 Å². The van der Waals surface area contributed by atoms with Crippen LogP contribution < -0.4 is 4.90 Å². The molecule has 1 aliphatic rings. The number of sulfonamides is 1. The highest BCUT2D eigenvalue weighted by molar-refractivity contribution is 7.89. The molecule has 0 amide bonds. The molecule has 122 valence electrons. The van der Waals surface area contributed by atoms with Gasteiger partial charge in [-0.2, -0.15) is 4.31 Å². The maximum absolute atomic E-state index is 12.9. The molecule has 0 radical (unpaired) electrons. The van der Waals surface area contributed by atoms with Gasteiger partial charge in [0.2, 0.25) is 10.0 Å². The molecule has 6 nitrogen and oxygen atoms in total. The van der Waals surface area contributed by atoms with Gasteiger partial charge < -0.3 is 4.90 Å². The summed E-state index contributed by atoms with van der Waals surface area (Å²) < 4.78 is 27.4. The fourth-order valence-electron chi connectivity index (χ4n) is 2.88. The first kappa shape index (κ1) is 15.9. The molecule has 2 aromatic heterocycles. The first-order chi connectivity index (χ1) is 11.0. The smallest absolute Gasteiger partial charge is 0.245 e. The van der Waals surface area contributed by atoms with Crippen molar-refractivity contribution in [3.05, 3.63) is 48.4 Å². The third-order valence-corrected chi connectivity index (χ3v) is 5.95. The van der Waals surface area contributed by atoms with Gasteiger partial charge in [-0.3, -0.25) is 4.98 Å². The van der Waals surface area contributed by atoms with Crippen LogP contribution in [0.1, 0.15) is 24.4 Å². The molecule has 23 heavy (non-hydrogen) atoms. The topological polar surface area (TPSA) is 66.4 Å². The summed E-state index contributed by atoms with van der Waals surface area (Å²) >= 11 is 0. The second-order valence-electron chi connectivity index (χ2n) is 5.80. The monoisotopic (exact) mass is 332 g/mol. The van der Waals surface area contributed by atoms with Crippen molar-refractivity contribution in [3.63, 3.8) is 0 Å². The van der Waals surface area contributed by atoms with Crippen LogP contribution in [-0.4, -0.2) is 43.3 Å². The normalized spacial score (nSPS) is 19.0. The third kappa shape index (κ3) is 3.07. The first-order valence-electron chi connectivity index (χ1n) is 7.55. The van der Waals surface area contributed by atoms with Gasteiger partial charge in [0.1, 0.15) is 10.7 Å². The van der Waals surface area contributed by atoms with Gasteiger partial charge in [0.15, 0.2) is 0 Å². The fraction of sp³-hybridized carbons (Fsp3) is 0.375. The molecular weight excluding hydrogens is 312 g/mol. The zero-order valence-corrected chi connectivity index (χ0v) is 14.1. The summed E-state index contributed by atoms with van der Waals surface area (Å²) in [7, 11) is 0.311. The molecule has 0 spiro atoms. The lowest BCUT2D eigenvalue weighted by Gasteiger charge is -2.25. The minimum atomic E-state index is -3.53. The minimum Gasteiger partial charge on any atom is -0.363 e. The zero-order valence-electron chi connectivity index (χ0n) is 13.3. The number of pyridine rings is 2. The molecule has 0 aliphatic carbocycles. The standard InChI is InChI=1S/C16H20N4O2S/c1-19(2)16-11-13(7-9-18-16)15-6-4-10-20(15)23(21,22)14-5-3-8-17-12-14/h3,5,7-9,11-12,15H,4,6,10H2,1-2H3/t15-/m1/s1. The maximum atomic E-state index is 12.9. The van der Waals surface area contributed by atoms with Crippen LogP contribution >= 0.6 is 0 Å². The quantitative estimate of drug-likeness (QED) is 0.857. The Morgan fingerprint density at radius 3 is 2.78 bits per heavy atom. The van der Waals surface area contributed by atoms with Crippen molar-refractivity contribution >= 4 is 15.8 Å². The van der Waals surface area contributed by atoms with Gasteiger partial charge in [0, 0.05) is 39.2 Å². The molecule has 0 unspecified atom stereocenters. The van der Waals surface area contributed by atoms with Crippen molar-refractivity contribution < 1.29 is 8.42 Å². The predicted octanol–water partition coefficient (Wildman–Crippen LogP) is 2.07. The zero-order chi connectivity index (χ0) is 16.4. The van der Waals surface area contributed by atoms with E-state index in [1.165, 1.54) is 6.20 Å². The van der Waals surface area contributed by atoms with E-state index in [4.69, 9.17) is 0 Å². The molecule has 1 atom stereocenters. The number of hydrogen-bond acceptors (Lipinski definition) is 5. The first-order valence-corrected chi connectivity index (χ1v) is 8.99. The Balaban J connectivity index is 1.96. The molecule has 3 heterocycles. The van der Waals surface area contributed by atoms with E-state index in [0.29, 0.717) is 6.54 Å². The van der Waals surface area contributed by atoms with Crippen LogP contribution in [0.25, 0.3) is 0 Å². The molecule has 0 bridgehead atoms. The van der Waals surface area contributed by atoms with E-state index in [2.05, 4.69) is 9.97 Å². The van der Waals surface area contributed by atoms with Gasteiger partial charge in [-0.05, 0) is 42.7 Å². The molecule has 1 saturated heterocycles. The largest absolute Gasteiger partial charge is 0.363 e. The highest BCUT2D eigenvalue weighted by atomic mass is 32.2. The Bertz CT molecular complexity index is 778. The second-order valence-corrected chi connectivity index (χ2v) is 7.69. The van der Waals surface area contributed by atoms with Gasteiger partial charge in [-0.1, -0.05) is 0 Å². The van der Waals surface area contributed by atoms with E-state index in [0.717, 1.165) is 24.2 Å².